The number of nitriles is 1. The van der Waals surface area contributed by atoms with Crippen molar-refractivity contribution in [1.29, 1.82) is 5.26 Å². The lowest BCUT2D eigenvalue weighted by Crippen LogP contribution is -2.37. The Balaban J connectivity index is 1.91. The summed E-state index contributed by atoms with van der Waals surface area (Å²) in [6, 6.07) is 9.06. The maximum atomic E-state index is 12.2. The number of methoxy groups -OCH3 is 1. The highest BCUT2D eigenvalue weighted by Gasteiger charge is 2.13. The number of carbonyl (C=O) groups excluding carboxylic acids is 1. The Morgan fingerprint density at radius 2 is 2.00 bits per heavy atom. The number of hydrogen-bond acceptors (Lipinski definition) is 6. The summed E-state index contributed by atoms with van der Waals surface area (Å²) < 4.78 is 11.7. The Bertz CT molecular complexity index is 899. The van der Waals surface area contributed by atoms with Gasteiger partial charge in [0.25, 0.3) is 5.56 Å². The first kappa shape index (κ1) is 19.0. The van der Waals surface area contributed by atoms with E-state index in [1.54, 1.807) is 33.1 Å². The molecule has 1 amide bonds. The van der Waals surface area contributed by atoms with Gasteiger partial charge in [0.2, 0.25) is 5.91 Å². The molecule has 0 spiro atoms. The van der Waals surface area contributed by atoms with Gasteiger partial charge in [0.1, 0.15) is 24.8 Å². The highest BCUT2D eigenvalue weighted by molar-refractivity contribution is 5.75. The van der Waals surface area contributed by atoms with Crippen LogP contribution in [0, 0.1) is 25.2 Å². The number of carbonyl (C=O) groups is 1. The van der Waals surface area contributed by atoms with Gasteiger partial charge in [0, 0.05) is 0 Å². The molecule has 8 heteroatoms. The maximum absolute atomic E-state index is 12.2. The van der Waals surface area contributed by atoms with Gasteiger partial charge in [-0.15, -0.1) is 0 Å². The second-order valence-corrected chi connectivity index (χ2v) is 5.51. The van der Waals surface area contributed by atoms with Crippen LogP contribution in [0.2, 0.25) is 0 Å². The molecule has 0 aliphatic heterocycles. The van der Waals surface area contributed by atoms with Gasteiger partial charge in [-0.3, -0.25) is 9.59 Å². The van der Waals surface area contributed by atoms with Gasteiger partial charge in [-0.2, -0.15) is 10.4 Å². The van der Waals surface area contributed by atoms with Crippen molar-refractivity contribution < 1.29 is 14.3 Å². The minimum Gasteiger partial charge on any atom is -0.493 e. The smallest absolute Gasteiger partial charge is 0.285 e. The van der Waals surface area contributed by atoms with E-state index in [-0.39, 0.29) is 25.3 Å². The highest BCUT2D eigenvalue weighted by Crippen LogP contribution is 2.25. The Morgan fingerprint density at radius 1 is 1.31 bits per heavy atom. The molecule has 2 rings (SSSR count). The summed E-state index contributed by atoms with van der Waals surface area (Å²) in [5.41, 5.74) is 0.494. The van der Waals surface area contributed by atoms with Crippen LogP contribution in [0.5, 0.6) is 11.5 Å². The van der Waals surface area contributed by atoms with Crippen molar-refractivity contribution in [3.8, 4) is 17.6 Å². The zero-order valence-electron chi connectivity index (χ0n) is 14.9. The molecule has 1 aromatic heterocycles. The SMILES string of the molecule is COc1ccccc1OCCNC(=O)Cn1nc(C)c(C)c(C#N)c1=O. The first-order valence-corrected chi connectivity index (χ1v) is 7.98. The van der Waals surface area contributed by atoms with Gasteiger partial charge in [0.15, 0.2) is 11.5 Å². The highest BCUT2D eigenvalue weighted by atomic mass is 16.5. The average Bonchev–Trinajstić information content (AvgIpc) is 2.64. The van der Waals surface area contributed by atoms with Gasteiger partial charge in [-0.1, -0.05) is 12.1 Å². The maximum Gasteiger partial charge on any atom is 0.285 e. The lowest BCUT2D eigenvalue weighted by Gasteiger charge is -2.11. The summed E-state index contributed by atoms with van der Waals surface area (Å²) in [6.07, 6.45) is 0. The van der Waals surface area contributed by atoms with Crippen LogP contribution in [0.15, 0.2) is 29.1 Å². The lowest BCUT2D eigenvalue weighted by atomic mass is 10.1. The Kier molecular flexibility index (Phi) is 6.33. The second kappa shape index (κ2) is 8.67. The summed E-state index contributed by atoms with van der Waals surface area (Å²) in [6.45, 7) is 3.57. The second-order valence-electron chi connectivity index (χ2n) is 5.51. The topological polar surface area (TPSA) is 106 Å². The number of nitrogens with zero attached hydrogens (tertiary/aromatic N) is 3. The Labute approximate surface area is 151 Å². The molecule has 0 saturated heterocycles. The van der Waals surface area contributed by atoms with Crippen molar-refractivity contribution in [2.45, 2.75) is 20.4 Å². The predicted octanol–water partition coefficient (Wildman–Crippen LogP) is 0.936. The largest absolute Gasteiger partial charge is 0.493 e. The molecule has 8 nitrogen and oxygen atoms in total. The molecule has 0 aliphatic rings. The van der Waals surface area contributed by atoms with E-state index in [2.05, 4.69) is 10.4 Å². The van der Waals surface area contributed by atoms with Gasteiger partial charge in [-0.25, -0.2) is 4.68 Å². The molecular formula is C18H20N4O4. The fraction of sp³-hybridized carbons (Fsp3) is 0.333. The van der Waals surface area contributed by atoms with E-state index in [1.165, 1.54) is 0 Å². The van der Waals surface area contributed by atoms with Crippen LogP contribution in [-0.2, 0) is 11.3 Å². The van der Waals surface area contributed by atoms with Crippen LogP contribution >= 0.6 is 0 Å². The molecule has 26 heavy (non-hydrogen) atoms. The van der Waals surface area contributed by atoms with Crippen LogP contribution in [0.1, 0.15) is 16.8 Å². The molecule has 0 bridgehead atoms. The van der Waals surface area contributed by atoms with E-state index in [0.29, 0.717) is 22.8 Å². The number of ether oxygens (including phenoxy) is 2. The number of nitrogens with one attached hydrogen (secondary N) is 1. The minimum atomic E-state index is -0.573. The number of aromatic nitrogens is 2. The molecule has 136 valence electrons. The summed E-state index contributed by atoms with van der Waals surface area (Å²) >= 11 is 0. The molecule has 0 atom stereocenters. The molecule has 1 aromatic carbocycles. The summed E-state index contributed by atoms with van der Waals surface area (Å²) in [5.74, 6) is 0.791. The number of para-hydroxylation sites is 2. The van der Waals surface area contributed by atoms with Crippen LogP contribution in [0.3, 0.4) is 0 Å². The third-order valence-corrected chi connectivity index (χ3v) is 3.79. The van der Waals surface area contributed by atoms with E-state index < -0.39 is 11.5 Å². The number of amides is 1. The van der Waals surface area contributed by atoms with Crippen LogP contribution < -0.4 is 20.3 Å². The zero-order chi connectivity index (χ0) is 19.1. The van der Waals surface area contributed by atoms with Crippen molar-refractivity contribution in [1.82, 2.24) is 15.1 Å². The number of benzene rings is 1. The molecule has 0 fully saturated rings. The van der Waals surface area contributed by atoms with Crippen LogP contribution in [0.4, 0.5) is 0 Å². The molecular weight excluding hydrogens is 336 g/mol. The third-order valence-electron chi connectivity index (χ3n) is 3.79. The van der Waals surface area contributed by atoms with Gasteiger partial charge >= 0.3 is 0 Å². The summed E-state index contributed by atoms with van der Waals surface area (Å²) in [5, 5.41) is 15.8. The van der Waals surface area contributed by atoms with Crippen molar-refractivity contribution in [3.05, 3.63) is 51.4 Å². The molecule has 0 unspecified atom stereocenters. The quantitative estimate of drug-likeness (QED) is 0.740. The predicted molar refractivity (Wildman–Crippen MR) is 94.2 cm³/mol. The van der Waals surface area contributed by atoms with E-state index in [9.17, 15) is 9.59 Å². The average molecular weight is 356 g/mol. The Hall–Kier alpha value is -3.34. The standard InChI is InChI=1S/C18H20N4O4/c1-12-13(2)21-22(18(24)14(12)10-19)11-17(23)20-8-9-26-16-7-5-4-6-15(16)25-3/h4-7H,8-9,11H2,1-3H3,(H,20,23). The third kappa shape index (κ3) is 4.39. The molecule has 0 aliphatic carbocycles. The van der Waals surface area contributed by atoms with Crippen LogP contribution in [-0.4, -0.2) is 35.9 Å². The van der Waals surface area contributed by atoms with Crippen molar-refractivity contribution in [2.75, 3.05) is 20.3 Å². The summed E-state index contributed by atoms with van der Waals surface area (Å²) in [4.78, 5) is 24.2. The number of rotatable bonds is 7. The molecule has 0 saturated carbocycles. The van der Waals surface area contributed by atoms with Crippen molar-refractivity contribution in [3.63, 3.8) is 0 Å². The van der Waals surface area contributed by atoms with E-state index in [0.717, 1.165) is 4.68 Å². The van der Waals surface area contributed by atoms with Gasteiger partial charge in [0.05, 0.1) is 19.3 Å². The Morgan fingerprint density at radius 3 is 2.65 bits per heavy atom. The fourth-order valence-corrected chi connectivity index (χ4v) is 2.29. The minimum absolute atomic E-state index is 0.00445. The van der Waals surface area contributed by atoms with E-state index in [1.807, 2.05) is 18.2 Å². The monoisotopic (exact) mass is 356 g/mol. The van der Waals surface area contributed by atoms with Crippen molar-refractivity contribution >= 4 is 5.91 Å². The van der Waals surface area contributed by atoms with Crippen LogP contribution in [0.25, 0.3) is 0 Å². The fourth-order valence-electron chi connectivity index (χ4n) is 2.29. The lowest BCUT2D eigenvalue weighted by molar-refractivity contribution is -0.122. The molecule has 1 heterocycles. The molecule has 1 N–H and O–H groups in total. The van der Waals surface area contributed by atoms with E-state index >= 15 is 0 Å². The summed E-state index contributed by atoms with van der Waals surface area (Å²) in [7, 11) is 1.55. The number of hydrogen-bond donors (Lipinski definition) is 1. The number of aryl methyl sites for hydroxylation is 1. The normalized spacial score (nSPS) is 10.1. The molecule has 0 radical (unpaired) electrons. The van der Waals surface area contributed by atoms with Crippen molar-refractivity contribution in [2.24, 2.45) is 0 Å². The zero-order valence-corrected chi connectivity index (χ0v) is 14.9. The first-order valence-electron chi connectivity index (χ1n) is 7.98. The first-order chi connectivity index (χ1) is 12.5. The molecule has 2 aromatic rings. The van der Waals surface area contributed by atoms with E-state index in [4.69, 9.17) is 14.7 Å². The van der Waals surface area contributed by atoms with Gasteiger partial charge in [-0.05, 0) is 31.5 Å². The van der Waals surface area contributed by atoms with Gasteiger partial charge < -0.3 is 14.8 Å².